The molecule has 0 atom stereocenters. The highest BCUT2D eigenvalue weighted by Gasteiger charge is 2.39. The lowest BCUT2D eigenvalue weighted by molar-refractivity contribution is -0.141. The Balaban J connectivity index is 1.98. The van der Waals surface area contributed by atoms with Crippen molar-refractivity contribution in [3.63, 3.8) is 0 Å². The molecule has 2 aromatic heterocycles. The van der Waals surface area contributed by atoms with Gasteiger partial charge in [-0.3, -0.25) is 9.48 Å². The van der Waals surface area contributed by atoms with Gasteiger partial charge >= 0.3 is 6.18 Å². The maximum absolute atomic E-state index is 13.1. The largest absolute Gasteiger partial charge is 0.435 e. The van der Waals surface area contributed by atoms with Gasteiger partial charge < -0.3 is 5.32 Å². The van der Waals surface area contributed by atoms with E-state index in [1.165, 1.54) is 19.3 Å². The second-order valence-corrected chi connectivity index (χ2v) is 6.25. The molecule has 1 amide bonds. The van der Waals surface area contributed by atoms with Gasteiger partial charge in [0.15, 0.2) is 5.69 Å². The maximum atomic E-state index is 13.1. The van der Waals surface area contributed by atoms with E-state index in [0.717, 1.165) is 17.2 Å². The maximum Gasteiger partial charge on any atom is 0.435 e. The number of benzene rings is 1. The third-order valence-corrected chi connectivity index (χ3v) is 4.26. The van der Waals surface area contributed by atoms with E-state index in [1.54, 1.807) is 12.1 Å². The molecule has 6 nitrogen and oxygen atoms in total. The number of anilines is 1. The van der Waals surface area contributed by atoms with Crippen molar-refractivity contribution in [3.05, 3.63) is 58.2 Å². The molecule has 1 aromatic carbocycles. The van der Waals surface area contributed by atoms with Crippen LogP contribution in [0.4, 0.5) is 19.0 Å². The smallest absolute Gasteiger partial charge is 0.306 e. The fourth-order valence-electron chi connectivity index (χ4n) is 2.34. The molecule has 2 heterocycles. The molecule has 27 heavy (non-hydrogen) atoms. The molecule has 140 valence electrons. The molecule has 1 N–H and O–H groups in total. The van der Waals surface area contributed by atoms with E-state index in [4.69, 9.17) is 23.2 Å². The lowest BCUT2D eigenvalue weighted by Gasteiger charge is -2.11. The summed E-state index contributed by atoms with van der Waals surface area (Å²) in [7, 11) is 1.29. The van der Waals surface area contributed by atoms with Crippen LogP contribution in [-0.4, -0.2) is 25.7 Å². The zero-order valence-corrected chi connectivity index (χ0v) is 15.1. The standard InChI is InChI=1S/C16H10Cl2F3N5O/c1-26-6-10(13(25-26)16(19,20)21)15(27)24-14-9(5-22-7-23-14)8-2-3-11(17)12(18)4-8/h2-7H,1H3,(H,22,23,24,27). The van der Waals surface area contributed by atoms with E-state index >= 15 is 0 Å². The van der Waals surface area contributed by atoms with Crippen molar-refractivity contribution in [1.82, 2.24) is 19.7 Å². The average molecular weight is 416 g/mol. The highest BCUT2D eigenvalue weighted by atomic mass is 35.5. The van der Waals surface area contributed by atoms with Gasteiger partial charge in [0, 0.05) is 25.0 Å². The summed E-state index contributed by atoms with van der Waals surface area (Å²) in [5, 5.41) is 6.27. The predicted molar refractivity (Wildman–Crippen MR) is 93.7 cm³/mol. The number of rotatable bonds is 3. The lowest BCUT2D eigenvalue weighted by atomic mass is 10.1. The Morgan fingerprint density at radius 1 is 1.22 bits per heavy atom. The number of carbonyl (C=O) groups is 1. The number of aryl methyl sites for hydroxylation is 1. The SMILES string of the molecule is Cn1cc(C(=O)Nc2ncncc2-c2ccc(Cl)c(Cl)c2)c(C(F)(F)F)n1. The predicted octanol–water partition coefficient (Wildman–Crippen LogP) is 4.46. The van der Waals surface area contributed by atoms with Crippen LogP contribution < -0.4 is 5.32 Å². The molecular weight excluding hydrogens is 406 g/mol. The molecule has 0 bridgehead atoms. The fourth-order valence-corrected chi connectivity index (χ4v) is 2.64. The molecule has 0 aliphatic carbocycles. The van der Waals surface area contributed by atoms with Gasteiger partial charge in [-0.1, -0.05) is 29.3 Å². The molecule has 11 heteroatoms. The minimum atomic E-state index is -4.77. The van der Waals surface area contributed by atoms with Crippen LogP contribution in [0, 0.1) is 0 Å². The first kappa shape index (κ1) is 19.1. The summed E-state index contributed by atoms with van der Waals surface area (Å²) in [5.74, 6) is -0.985. The molecule has 3 aromatic rings. The number of aromatic nitrogens is 4. The van der Waals surface area contributed by atoms with Gasteiger partial charge in [0.05, 0.1) is 15.6 Å². The normalized spacial score (nSPS) is 11.5. The average Bonchev–Trinajstić information content (AvgIpc) is 3.00. The molecule has 0 aliphatic rings. The van der Waals surface area contributed by atoms with Crippen LogP contribution in [0.5, 0.6) is 0 Å². The Morgan fingerprint density at radius 3 is 2.63 bits per heavy atom. The minimum Gasteiger partial charge on any atom is -0.306 e. The van der Waals surface area contributed by atoms with Crippen LogP contribution >= 0.6 is 23.2 Å². The van der Waals surface area contributed by atoms with E-state index in [1.807, 2.05) is 0 Å². The Kier molecular flexibility index (Phi) is 5.07. The number of nitrogens with zero attached hydrogens (tertiary/aromatic N) is 4. The summed E-state index contributed by atoms with van der Waals surface area (Å²) in [6.07, 6.45) is -1.23. The number of alkyl halides is 3. The van der Waals surface area contributed by atoms with Crippen molar-refractivity contribution in [2.45, 2.75) is 6.18 Å². The van der Waals surface area contributed by atoms with Crippen LogP contribution in [0.25, 0.3) is 11.1 Å². The quantitative estimate of drug-likeness (QED) is 0.685. The van der Waals surface area contributed by atoms with Crippen molar-refractivity contribution in [2.75, 3.05) is 5.32 Å². The summed E-state index contributed by atoms with van der Waals surface area (Å²) in [6.45, 7) is 0. The van der Waals surface area contributed by atoms with E-state index in [-0.39, 0.29) is 10.8 Å². The topological polar surface area (TPSA) is 72.7 Å². The molecule has 0 fully saturated rings. The van der Waals surface area contributed by atoms with E-state index in [2.05, 4.69) is 20.4 Å². The zero-order valence-electron chi connectivity index (χ0n) is 13.6. The van der Waals surface area contributed by atoms with Crippen LogP contribution in [0.2, 0.25) is 10.0 Å². The van der Waals surface area contributed by atoms with Crippen molar-refractivity contribution in [3.8, 4) is 11.1 Å². The van der Waals surface area contributed by atoms with Gasteiger partial charge in [0.2, 0.25) is 0 Å². The van der Waals surface area contributed by atoms with Crippen LogP contribution in [0.15, 0.2) is 36.9 Å². The van der Waals surface area contributed by atoms with Gasteiger partial charge in [-0.2, -0.15) is 18.3 Å². The number of amides is 1. The Hall–Kier alpha value is -2.65. The Bertz CT molecular complexity index is 1020. The number of hydrogen-bond acceptors (Lipinski definition) is 4. The van der Waals surface area contributed by atoms with Gasteiger partial charge in [0.25, 0.3) is 5.91 Å². The highest BCUT2D eigenvalue weighted by molar-refractivity contribution is 6.42. The summed E-state index contributed by atoms with van der Waals surface area (Å²) in [5.41, 5.74) is -1.01. The van der Waals surface area contributed by atoms with Crippen LogP contribution in [0.1, 0.15) is 16.1 Å². The molecule has 0 aliphatic heterocycles. The molecule has 3 rings (SSSR count). The molecule has 0 saturated carbocycles. The summed E-state index contributed by atoms with van der Waals surface area (Å²) in [6, 6.07) is 4.69. The minimum absolute atomic E-state index is 0.0189. The van der Waals surface area contributed by atoms with E-state index in [9.17, 15) is 18.0 Å². The zero-order chi connectivity index (χ0) is 19.8. The fraction of sp³-hybridized carbons (Fsp3) is 0.125. The molecule has 0 unspecified atom stereocenters. The third-order valence-electron chi connectivity index (χ3n) is 3.52. The number of halogens is 5. The number of carbonyl (C=O) groups excluding carboxylic acids is 1. The van der Waals surface area contributed by atoms with Crippen LogP contribution in [0.3, 0.4) is 0 Å². The van der Waals surface area contributed by atoms with E-state index in [0.29, 0.717) is 16.1 Å². The number of nitrogens with one attached hydrogen (secondary N) is 1. The second kappa shape index (κ2) is 7.16. The lowest BCUT2D eigenvalue weighted by Crippen LogP contribution is -2.18. The number of hydrogen-bond donors (Lipinski definition) is 1. The van der Waals surface area contributed by atoms with Crippen molar-refractivity contribution >= 4 is 34.9 Å². The van der Waals surface area contributed by atoms with Crippen molar-refractivity contribution in [1.29, 1.82) is 0 Å². The Morgan fingerprint density at radius 2 is 1.96 bits per heavy atom. The summed E-state index contributed by atoms with van der Waals surface area (Å²) < 4.78 is 40.2. The van der Waals surface area contributed by atoms with Gasteiger partial charge in [-0.15, -0.1) is 0 Å². The van der Waals surface area contributed by atoms with Gasteiger partial charge in [0.1, 0.15) is 12.1 Å². The van der Waals surface area contributed by atoms with Crippen molar-refractivity contribution < 1.29 is 18.0 Å². The van der Waals surface area contributed by atoms with Crippen LogP contribution in [-0.2, 0) is 13.2 Å². The van der Waals surface area contributed by atoms with Crippen molar-refractivity contribution in [2.24, 2.45) is 7.05 Å². The molecule has 0 spiro atoms. The highest BCUT2D eigenvalue weighted by Crippen LogP contribution is 2.33. The molecular formula is C16H10Cl2F3N5O. The Labute approximate surface area is 161 Å². The summed E-state index contributed by atoms with van der Waals surface area (Å²) >= 11 is 11.9. The van der Waals surface area contributed by atoms with E-state index < -0.39 is 23.3 Å². The third kappa shape index (κ3) is 4.04. The monoisotopic (exact) mass is 415 g/mol. The molecule has 0 saturated heterocycles. The first-order chi connectivity index (χ1) is 12.7. The summed E-state index contributed by atoms with van der Waals surface area (Å²) in [4.78, 5) is 20.3. The van der Waals surface area contributed by atoms with Gasteiger partial charge in [-0.05, 0) is 17.7 Å². The second-order valence-electron chi connectivity index (χ2n) is 5.43. The first-order valence-corrected chi connectivity index (χ1v) is 8.10. The molecule has 0 radical (unpaired) electrons. The van der Waals surface area contributed by atoms with Gasteiger partial charge in [-0.25, -0.2) is 9.97 Å². The first-order valence-electron chi connectivity index (χ1n) is 7.34.